The number of carbonyl (C=O) groups excluding carboxylic acids is 2. The summed E-state index contributed by atoms with van der Waals surface area (Å²) in [5, 5.41) is 9.22. The lowest BCUT2D eigenvalue weighted by atomic mass is 9.76. The van der Waals surface area contributed by atoms with Gasteiger partial charge in [-0.05, 0) is 63.3 Å². The molecule has 1 spiro atoms. The van der Waals surface area contributed by atoms with Crippen LogP contribution in [0.4, 0.5) is 4.79 Å². The van der Waals surface area contributed by atoms with Gasteiger partial charge in [0.05, 0.1) is 5.56 Å². The number of carboxylic acids is 1. The number of hydrogen-bond acceptors (Lipinski definition) is 4. The van der Waals surface area contributed by atoms with Crippen LogP contribution >= 0.6 is 0 Å². The largest absolute Gasteiger partial charge is 0.478 e. The van der Waals surface area contributed by atoms with E-state index in [-0.39, 0.29) is 28.9 Å². The molecule has 192 valence electrons. The standard InChI is InChI=1S/C29H36N2O5/c1-28(2,3)36-27(35)30-17-16-29(20-30)15-7-10-24(29)25(32)31(18-21-8-5-4-6-9-21)19-22-11-13-23(14-12-22)26(33)34/h4-6,8-9,11-14,24H,7,10,15-20H2,1-3H3,(H,33,34)/t24-,29-/m1/s1. The van der Waals surface area contributed by atoms with Crippen molar-refractivity contribution in [1.82, 2.24) is 9.80 Å². The maximum atomic E-state index is 14.1. The highest BCUT2D eigenvalue weighted by Gasteiger charge is 2.52. The van der Waals surface area contributed by atoms with Crippen molar-refractivity contribution >= 4 is 18.0 Å². The first kappa shape index (κ1) is 25.7. The van der Waals surface area contributed by atoms with Crippen LogP contribution < -0.4 is 0 Å². The number of carbonyl (C=O) groups is 3. The van der Waals surface area contributed by atoms with Gasteiger partial charge in [0.1, 0.15) is 5.60 Å². The van der Waals surface area contributed by atoms with E-state index in [0.29, 0.717) is 26.2 Å². The van der Waals surface area contributed by atoms with Crippen molar-refractivity contribution in [3.8, 4) is 0 Å². The summed E-state index contributed by atoms with van der Waals surface area (Å²) in [6.45, 7) is 7.62. The Hall–Kier alpha value is -3.35. The van der Waals surface area contributed by atoms with Gasteiger partial charge in [0.25, 0.3) is 0 Å². The third-order valence-corrected chi connectivity index (χ3v) is 7.34. The molecule has 1 N–H and O–H groups in total. The lowest BCUT2D eigenvalue weighted by Gasteiger charge is -2.35. The number of carboxylic acid groups (broad SMARTS) is 1. The topological polar surface area (TPSA) is 87.2 Å². The van der Waals surface area contributed by atoms with Crippen LogP contribution in [0.2, 0.25) is 0 Å². The van der Waals surface area contributed by atoms with Crippen LogP contribution in [-0.4, -0.2) is 51.6 Å². The molecule has 7 heteroatoms. The smallest absolute Gasteiger partial charge is 0.410 e. The number of nitrogens with zero attached hydrogens (tertiary/aromatic N) is 2. The average Bonchev–Trinajstić information content (AvgIpc) is 3.45. The van der Waals surface area contributed by atoms with Crippen molar-refractivity contribution in [3.05, 3.63) is 71.3 Å². The summed E-state index contributed by atoms with van der Waals surface area (Å²) in [6.07, 6.45) is 3.19. The second-order valence-corrected chi connectivity index (χ2v) is 11.1. The molecule has 1 aliphatic carbocycles. The molecule has 2 amide bonds. The van der Waals surface area contributed by atoms with Crippen LogP contribution in [0.3, 0.4) is 0 Å². The normalized spacial score (nSPS) is 21.5. The first-order valence-electron chi connectivity index (χ1n) is 12.7. The van der Waals surface area contributed by atoms with E-state index >= 15 is 0 Å². The van der Waals surface area contributed by atoms with Crippen molar-refractivity contribution in [2.75, 3.05) is 13.1 Å². The molecule has 1 heterocycles. The Kier molecular flexibility index (Phi) is 7.38. The van der Waals surface area contributed by atoms with Crippen LogP contribution in [-0.2, 0) is 22.6 Å². The second kappa shape index (κ2) is 10.3. The molecule has 0 radical (unpaired) electrons. The van der Waals surface area contributed by atoms with Crippen molar-refractivity contribution < 1.29 is 24.2 Å². The van der Waals surface area contributed by atoms with E-state index in [1.54, 1.807) is 29.2 Å². The van der Waals surface area contributed by atoms with Gasteiger partial charge in [-0.1, -0.05) is 48.9 Å². The van der Waals surface area contributed by atoms with E-state index in [9.17, 15) is 19.5 Å². The number of aromatic carboxylic acids is 1. The fourth-order valence-corrected chi connectivity index (χ4v) is 5.60. The number of amides is 2. The summed E-state index contributed by atoms with van der Waals surface area (Å²) in [4.78, 5) is 41.7. The highest BCUT2D eigenvalue weighted by atomic mass is 16.6. The molecule has 36 heavy (non-hydrogen) atoms. The SMILES string of the molecule is CC(C)(C)OC(=O)N1CC[C@]2(CCC[C@@H]2C(=O)N(Cc2ccccc2)Cc2ccc(C(=O)O)cc2)C1. The van der Waals surface area contributed by atoms with Crippen LogP contribution in [0.25, 0.3) is 0 Å². The zero-order chi connectivity index (χ0) is 25.9. The van der Waals surface area contributed by atoms with Crippen molar-refractivity contribution in [1.29, 1.82) is 0 Å². The lowest BCUT2D eigenvalue weighted by molar-refractivity contribution is -0.140. The molecule has 7 nitrogen and oxygen atoms in total. The van der Waals surface area contributed by atoms with Crippen LogP contribution in [0.15, 0.2) is 54.6 Å². The minimum Gasteiger partial charge on any atom is -0.478 e. The predicted molar refractivity (Wildman–Crippen MR) is 136 cm³/mol. The Morgan fingerprint density at radius 3 is 2.25 bits per heavy atom. The molecular weight excluding hydrogens is 456 g/mol. The third kappa shape index (κ3) is 5.89. The molecule has 2 aliphatic rings. The molecule has 1 aliphatic heterocycles. The molecule has 2 fully saturated rings. The van der Waals surface area contributed by atoms with E-state index in [1.807, 2.05) is 56.0 Å². The average molecular weight is 493 g/mol. The quantitative estimate of drug-likeness (QED) is 0.588. The maximum Gasteiger partial charge on any atom is 0.410 e. The molecule has 0 aromatic heterocycles. The van der Waals surface area contributed by atoms with Gasteiger partial charge in [0, 0.05) is 37.5 Å². The molecule has 2 aromatic rings. The molecule has 1 saturated carbocycles. The summed E-state index contributed by atoms with van der Waals surface area (Å²) in [5.41, 5.74) is 1.37. The van der Waals surface area contributed by atoms with Crippen LogP contribution in [0, 0.1) is 11.3 Å². The van der Waals surface area contributed by atoms with Gasteiger partial charge in [0.2, 0.25) is 5.91 Å². The lowest BCUT2D eigenvalue weighted by Crippen LogP contribution is -2.43. The summed E-state index contributed by atoms with van der Waals surface area (Å²) in [5.74, 6) is -1.03. The number of hydrogen-bond donors (Lipinski definition) is 1. The minimum atomic E-state index is -0.970. The summed E-state index contributed by atoms with van der Waals surface area (Å²) in [7, 11) is 0. The number of ether oxygens (including phenoxy) is 1. The summed E-state index contributed by atoms with van der Waals surface area (Å²) in [6, 6.07) is 16.6. The zero-order valence-electron chi connectivity index (χ0n) is 21.4. The van der Waals surface area contributed by atoms with Crippen LogP contribution in [0.1, 0.15) is 67.9 Å². The number of likely N-dealkylation sites (tertiary alicyclic amines) is 1. The molecule has 0 bridgehead atoms. The first-order chi connectivity index (χ1) is 17.1. The summed E-state index contributed by atoms with van der Waals surface area (Å²) >= 11 is 0. The molecule has 2 atom stereocenters. The van der Waals surface area contributed by atoms with Gasteiger partial charge in [-0.25, -0.2) is 9.59 Å². The molecule has 2 aromatic carbocycles. The van der Waals surface area contributed by atoms with Gasteiger partial charge in [-0.15, -0.1) is 0 Å². The van der Waals surface area contributed by atoms with E-state index in [4.69, 9.17) is 4.74 Å². The molecule has 4 rings (SSSR count). The third-order valence-electron chi connectivity index (χ3n) is 7.34. The Morgan fingerprint density at radius 2 is 1.64 bits per heavy atom. The van der Waals surface area contributed by atoms with Crippen molar-refractivity contribution in [2.45, 2.75) is 65.1 Å². The Morgan fingerprint density at radius 1 is 1.00 bits per heavy atom. The van der Waals surface area contributed by atoms with Gasteiger partial charge < -0.3 is 19.6 Å². The van der Waals surface area contributed by atoms with Gasteiger partial charge >= 0.3 is 12.1 Å². The maximum absolute atomic E-state index is 14.1. The van der Waals surface area contributed by atoms with Crippen molar-refractivity contribution in [2.24, 2.45) is 11.3 Å². The van der Waals surface area contributed by atoms with Crippen molar-refractivity contribution in [3.63, 3.8) is 0 Å². The molecular formula is C29H36N2O5. The number of benzene rings is 2. The van der Waals surface area contributed by atoms with E-state index in [1.165, 1.54) is 0 Å². The highest BCUT2D eigenvalue weighted by Crippen LogP contribution is 2.50. The van der Waals surface area contributed by atoms with E-state index in [2.05, 4.69) is 0 Å². The van der Waals surface area contributed by atoms with Gasteiger partial charge in [0.15, 0.2) is 0 Å². The number of rotatable bonds is 6. The summed E-state index contributed by atoms with van der Waals surface area (Å²) < 4.78 is 5.60. The Bertz CT molecular complexity index is 1090. The second-order valence-electron chi connectivity index (χ2n) is 11.1. The van der Waals surface area contributed by atoms with Crippen LogP contribution in [0.5, 0.6) is 0 Å². The molecule has 0 unspecified atom stereocenters. The fourth-order valence-electron chi connectivity index (χ4n) is 5.60. The monoisotopic (exact) mass is 492 g/mol. The first-order valence-corrected chi connectivity index (χ1v) is 12.7. The van der Waals surface area contributed by atoms with Gasteiger partial charge in [-0.3, -0.25) is 4.79 Å². The predicted octanol–water partition coefficient (Wildman–Crippen LogP) is 5.34. The zero-order valence-corrected chi connectivity index (χ0v) is 21.4. The van der Waals surface area contributed by atoms with E-state index in [0.717, 1.165) is 36.8 Å². The molecule has 1 saturated heterocycles. The Labute approximate surface area is 213 Å². The van der Waals surface area contributed by atoms with E-state index < -0.39 is 11.6 Å². The highest BCUT2D eigenvalue weighted by molar-refractivity contribution is 5.87. The van der Waals surface area contributed by atoms with Gasteiger partial charge in [-0.2, -0.15) is 0 Å². The fraction of sp³-hybridized carbons (Fsp3) is 0.483. The minimum absolute atomic E-state index is 0.102. The Balaban J connectivity index is 1.54.